The molecule has 2 rings (SSSR count). The summed E-state index contributed by atoms with van der Waals surface area (Å²) in [4.78, 5) is 13.6. The van der Waals surface area contributed by atoms with Crippen LogP contribution in [0.5, 0.6) is 0 Å². The lowest BCUT2D eigenvalue weighted by molar-refractivity contribution is -0.389. The van der Waals surface area contributed by atoms with E-state index in [9.17, 15) is 10.1 Å². The summed E-state index contributed by atoms with van der Waals surface area (Å²) in [7, 11) is 0. The van der Waals surface area contributed by atoms with Crippen molar-refractivity contribution >= 4 is 5.82 Å². The van der Waals surface area contributed by atoms with Crippen molar-refractivity contribution in [3.05, 3.63) is 58.0 Å². The topological polar surface area (TPSA) is 84.8 Å². The fourth-order valence-electron chi connectivity index (χ4n) is 1.42. The van der Waals surface area contributed by atoms with Gasteiger partial charge >= 0.3 is 5.82 Å². The van der Waals surface area contributed by atoms with E-state index in [1.54, 1.807) is 16.7 Å². The number of benzene rings is 1. The van der Waals surface area contributed by atoms with Crippen LogP contribution in [0.3, 0.4) is 0 Å². The van der Waals surface area contributed by atoms with Gasteiger partial charge in [0.15, 0.2) is 0 Å². The Balaban J connectivity index is 2.14. The zero-order valence-corrected chi connectivity index (χ0v) is 8.78. The van der Waals surface area contributed by atoms with Crippen LogP contribution in [0.15, 0.2) is 36.8 Å². The molecule has 0 bridgehead atoms. The van der Waals surface area contributed by atoms with E-state index < -0.39 is 4.92 Å². The largest absolute Gasteiger partial charge is 0.381 e. The number of hydrogen-bond acceptors (Lipinski definition) is 4. The molecule has 1 aromatic carbocycles. The van der Waals surface area contributed by atoms with Gasteiger partial charge in [0.25, 0.3) is 0 Å². The number of imidazole rings is 1. The molecule has 0 saturated carbocycles. The van der Waals surface area contributed by atoms with E-state index in [4.69, 9.17) is 5.26 Å². The SMILES string of the molecule is N#Cc1ccc(Cn2cnc([N+](=O)[O-])c2)cc1. The minimum Gasteiger partial charge on any atom is -0.358 e. The molecule has 0 N–H and O–H groups in total. The summed E-state index contributed by atoms with van der Waals surface area (Å²) in [6.07, 6.45) is 2.79. The molecule has 84 valence electrons. The molecule has 17 heavy (non-hydrogen) atoms. The van der Waals surface area contributed by atoms with Gasteiger partial charge in [0.2, 0.25) is 6.33 Å². The van der Waals surface area contributed by atoms with Gasteiger partial charge in [-0.2, -0.15) is 5.26 Å². The average molecular weight is 228 g/mol. The molecule has 0 aliphatic carbocycles. The van der Waals surface area contributed by atoms with Crippen molar-refractivity contribution in [2.45, 2.75) is 6.54 Å². The molecule has 0 aliphatic rings. The van der Waals surface area contributed by atoms with Gasteiger partial charge in [-0.3, -0.25) is 0 Å². The number of nitriles is 1. The molecule has 2 aromatic rings. The van der Waals surface area contributed by atoms with Crippen LogP contribution in [0, 0.1) is 21.4 Å². The Hall–Kier alpha value is -2.68. The lowest BCUT2D eigenvalue weighted by atomic mass is 10.1. The molecule has 0 atom stereocenters. The zero-order valence-electron chi connectivity index (χ0n) is 8.78. The van der Waals surface area contributed by atoms with Gasteiger partial charge in [-0.05, 0) is 27.6 Å². The highest BCUT2D eigenvalue weighted by molar-refractivity contribution is 5.31. The maximum absolute atomic E-state index is 10.4. The molecule has 1 aromatic heterocycles. The molecule has 6 heteroatoms. The Kier molecular flexibility index (Phi) is 2.83. The Bertz CT molecular complexity index is 580. The van der Waals surface area contributed by atoms with E-state index in [1.807, 2.05) is 18.2 Å². The van der Waals surface area contributed by atoms with Crippen LogP contribution in [0.25, 0.3) is 0 Å². The van der Waals surface area contributed by atoms with E-state index in [0.29, 0.717) is 12.1 Å². The van der Waals surface area contributed by atoms with Crippen LogP contribution in [-0.4, -0.2) is 14.5 Å². The van der Waals surface area contributed by atoms with E-state index in [2.05, 4.69) is 4.98 Å². The van der Waals surface area contributed by atoms with Crippen molar-refractivity contribution in [2.24, 2.45) is 0 Å². The molecular weight excluding hydrogens is 220 g/mol. The van der Waals surface area contributed by atoms with Crippen LogP contribution in [0.1, 0.15) is 11.1 Å². The molecule has 0 aliphatic heterocycles. The summed E-state index contributed by atoms with van der Waals surface area (Å²) >= 11 is 0. The number of rotatable bonds is 3. The monoisotopic (exact) mass is 228 g/mol. The Morgan fingerprint density at radius 2 is 2.12 bits per heavy atom. The minimum atomic E-state index is -0.532. The van der Waals surface area contributed by atoms with Gasteiger partial charge in [0.05, 0.1) is 18.2 Å². The van der Waals surface area contributed by atoms with E-state index in [1.165, 1.54) is 12.5 Å². The first kappa shape index (κ1) is 10.8. The molecule has 0 saturated heterocycles. The van der Waals surface area contributed by atoms with Crippen LogP contribution in [0.4, 0.5) is 5.82 Å². The predicted octanol–water partition coefficient (Wildman–Crippen LogP) is 1.71. The molecule has 0 radical (unpaired) electrons. The highest BCUT2D eigenvalue weighted by Gasteiger charge is 2.09. The fourth-order valence-corrected chi connectivity index (χ4v) is 1.42. The molecule has 1 heterocycles. The standard InChI is InChI=1S/C11H8N4O2/c12-5-9-1-3-10(4-2-9)6-14-7-11(13-8-14)15(16)17/h1-4,7-8H,6H2. The van der Waals surface area contributed by atoms with Crippen molar-refractivity contribution < 1.29 is 4.92 Å². The third-order valence-corrected chi connectivity index (χ3v) is 2.25. The lowest BCUT2D eigenvalue weighted by Gasteiger charge is -2.00. The summed E-state index contributed by atoms with van der Waals surface area (Å²) in [6.45, 7) is 0.493. The number of aromatic nitrogens is 2. The Labute approximate surface area is 96.9 Å². The van der Waals surface area contributed by atoms with Crippen LogP contribution >= 0.6 is 0 Å². The Morgan fingerprint density at radius 1 is 1.41 bits per heavy atom. The number of nitrogens with zero attached hydrogens (tertiary/aromatic N) is 4. The normalized spacial score (nSPS) is 9.82. The van der Waals surface area contributed by atoms with Gasteiger partial charge in [-0.1, -0.05) is 12.1 Å². The highest BCUT2D eigenvalue weighted by Crippen LogP contribution is 2.09. The molecular formula is C11H8N4O2. The van der Waals surface area contributed by atoms with Crippen molar-refractivity contribution in [1.29, 1.82) is 5.26 Å². The molecule has 0 fully saturated rings. The third kappa shape index (κ3) is 2.46. The van der Waals surface area contributed by atoms with E-state index in [0.717, 1.165) is 5.56 Å². The lowest BCUT2D eigenvalue weighted by Crippen LogP contribution is -1.96. The summed E-state index contributed by atoms with van der Waals surface area (Å²) in [5.74, 6) is -0.168. The zero-order chi connectivity index (χ0) is 12.3. The second-order valence-corrected chi connectivity index (χ2v) is 3.47. The molecule has 0 amide bonds. The first-order chi connectivity index (χ1) is 8.19. The number of nitro groups is 1. The Morgan fingerprint density at radius 3 is 2.65 bits per heavy atom. The summed E-state index contributed by atoms with van der Waals surface area (Å²) in [6, 6.07) is 9.07. The highest BCUT2D eigenvalue weighted by atomic mass is 16.6. The van der Waals surface area contributed by atoms with Crippen molar-refractivity contribution in [1.82, 2.24) is 9.55 Å². The average Bonchev–Trinajstić information content (AvgIpc) is 2.79. The van der Waals surface area contributed by atoms with Gasteiger partial charge in [-0.25, -0.2) is 0 Å². The maximum atomic E-state index is 10.4. The minimum absolute atomic E-state index is 0.168. The molecule has 0 unspecified atom stereocenters. The van der Waals surface area contributed by atoms with Crippen molar-refractivity contribution in [2.75, 3.05) is 0 Å². The van der Waals surface area contributed by atoms with E-state index >= 15 is 0 Å². The second-order valence-electron chi connectivity index (χ2n) is 3.47. The van der Waals surface area contributed by atoms with Gasteiger partial charge in [0.1, 0.15) is 6.20 Å². The van der Waals surface area contributed by atoms with Gasteiger partial charge < -0.3 is 14.7 Å². The van der Waals surface area contributed by atoms with Crippen LogP contribution < -0.4 is 0 Å². The maximum Gasteiger partial charge on any atom is 0.381 e. The first-order valence-electron chi connectivity index (χ1n) is 4.84. The molecule has 0 spiro atoms. The number of hydrogen-bond donors (Lipinski definition) is 0. The predicted molar refractivity (Wildman–Crippen MR) is 59.1 cm³/mol. The first-order valence-corrected chi connectivity index (χ1v) is 4.84. The summed E-state index contributed by atoms with van der Waals surface area (Å²) in [5, 5.41) is 19.1. The van der Waals surface area contributed by atoms with Crippen LogP contribution in [0.2, 0.25) is 0 Å². The van der Waals surface area contributed by atoms with Crippen molar-refractivity contribution in [3.63, 3.8) is 0 Å². The van der Waals surface area contributed by atoms with Crippen LogP contribution in [-0.2, 0) is 6.54 Å². The third-order valence-electron chi connectivity index (χ3n) is 2.25. The van der Waals surface area contributed by atoms with E-state index in [-0.39, 0.29) is 5.82 Å². The van der Waals surface area contributed by atoms with Gasteiger partial charge in [0, 0.05) is 0 Å². The smallest absolute Gasteiger partial charge is 0.358 e. The fraction of sp³-hybridized carbons (Fsp3) is 0.0909. The molecule has 6 nitrogen and oxygen atoms in total. The van der Waals surface area contributed by atoms with Gasteiger partial charge in [-0.15, -0.1) is 0 Å². The summed E-state index contributed by atoms with van der Waals surface area (Å²) < 4.78 is 1.62. The quantitative estimate of drug-likeness (QED) is 0.591. The summed E-state index contributed by atoms with van der Waals surface area (Å²) in [5.41, 5.74) is 1.54. The van der Waals surface area contributed by atoms with Crippen molar-refractivity contribution in [3.8, 4) is 6.07 Å². The second kappa shape index (κ2) is 4.45.